The number of phosphoric ester groups is 2. The molecule has 0 radical (unpaired) electrons. The molecular formula is C64H92ClF2I3N12O18P2V. The zero-order valence-corrected chi connectivity index (χ0v) is 71.2. The van der Waals surface area contributed by atoms with Gasteiger partial charge >= 0.3 is 65.1 Å². The molecule has 6 aromatic rings. The van der Waals surface area contributed by atoms with Crippen molar-refractivity contribution in [3.63, 3.8) is 0 Å². The molecule has 0 spiro atoms. The fourth-order valence-corrected chi connectivity index (χ4v) is 12.1. The molecule has 8 rings (SSSR count). The van der Waals surface area contributed by atoms with Crippen molar-refractivity contribution in [1.29, 1.82) is 0 Å². The molecule has 0 fully saturated rings. The number of anilines is 10. The van der Waals surface area contributed by atoms with Crippen molar-refractivity contribution in [3.05, 3.63) is 72.6 Å². The maximum absolute atomic E-state index is 15.0. The third-order valence-corrected chi connectivity index (χ3v) is 16.4. The molecule has 0 aliphatic carbocycles. The first-order valence-corrected chi connectivity index (χ1v) is 45.0. The number of rotatable bonds is 23. The van der Waals surface area contributed by atoms with E-state index in [2.05, 4.69) is 119 Å². The van der Waals surface area contributed by atoms with Gasteiger partial charge in [0.15, 0.2) is 80.6 Å². The number of carbonyl (C=O) groups excluding carboxylic acids is 2. The van der Waals surface area contributed by atoms with Gasteiger partial charge in [-0.15, -0.1) is 0 Å². The van der Waals surface area contributed by atoms with Gasteiger partial charge in [0, 0.05) is 35.6 Å². The summed E-state index contributed by atoms with van der Waals surface area (Å²) in [7, 11) is 1.77. The van der Waals surface area contributed by atoms with Gasteiger partial charge in [0.2, 0.25) is 23.4 Å². The van der Waals surface area contributed by atoms with E-state index in [1.165, 1.54) is 48.7 Å². The molecule has 0 saturated carbocycles. The van der Waals surface area contributed by atoms with Crippen molar-refractivity contribution in [2.75, 3.05) is 91.9 Å². The molecule has 39 heteroatoms. The number of benzene rings is 2. The summed E-state index contributed by atoms with van der Waals surface area (Å²) in [5, 5.41) is 14.3. The van der Waals surface area contributed by atoms with Crippen molar-refractivity contribution in [2.24, 2.45) is 0 Å². The summed E-state index contributed by atoms with van der Waals surface area (Å²) in [6, 6.07) is 12.7. The molecule has 103 heavy (non-hydrogen) atoms. The second kappa shape index (κ2) is 39.4. The summed E-state index contributed by atoms with van der Waals surface area (Å²) in [5.41, 5.74) is -4.37. The Morgan fingerprint density at radius 2 is 0.922 bits per heavy atom. The molecule has 5 N–H and O–H groups in total. The van der Waals surface area contributed by atoms with E-state index in [4.69, 9.17) is 76.6 Å². The van der Waals surface area contributed by atoms with Crippen molar-refractivity contribution < 1.29 is 102 Å². The number of nitrogens with zero attached hydrogens (tertiary/aromatic N) is 7. The summed E-state index contributed by atoms with van der Waals surface area (Å²) in [6.07, 6.45) is 1.99. The predicted molar refractivity (Wildman–Crippen MR) is 414 cm³/mol. The standard InChI is InChI=1S/C31H42FN6O9P.C22H23FN6O5.C9H20ClO4P.CH3I.CH4.2HI.V/c1-29(2,3)46-48(40,47-30(4,5)6)44-17-38-26-20(45-31(7,8)27(38)39)12-13-23(36-26)35-25-19(32)16-33-28(37-25)34-18-14-21(41-9)24(43-11)22(15-18)42-10;1-22(2)20(30)28-19-13(34-22)6-7-16(27-19)26-18-12(23)10-24-21(29-18)25-11-8-14(31-3)17(33-5)15(9-11)32-4;1-8(2,3)13-15(11,12-7-10)14-9(4,5)6;1-2;;;;/h12-16H,17H2,1-11H3,(H2,33,34,35,36,37);6-10H,1-5H3,(H3,24,25,26,27,28,29,30);7H2,1-6H3;1H3;1H4;2*1H;/q;;;;;;;+2/p-2. The monoisotopic (exact) mass is 1880 g/mol. The van der Waals surface area contributed by atoms with Gasteiger partial charge in [0.05, 0.1) is 77.5 Å². The first kappa shape index (κ1) is 91.8. The number of nitrogens with one attached hydrogen (secondary N) is 5. The van der Waals surface area contributed by atoms with Crippen molar-refractivity contribution in [2.45, 2.75) is 152 Å². The molecule has 0 bridgehead atoms. The SMILES string of the molecule is C.CC(C)(C)OP(=O)(OCCl)OC(C)(C)C.CI.COc1cc(Nc2ncc(F)c(Nc3ccc4c(n3)N(COP(=O)(OC(C)(C)C)OC(C)(C)C)C(=O)C(C)(C)O4)n2)cc(OC)c1OC.COc1cc(Nc2ncc(F)c(Nc3ccc4c(n3)NC(=O)C(C)(C)O4)n2)cc(OC)c1OC.[I][V][I]. The van der Waals surface area contributed by atoms with Crippen LogP contribution in [0.2, 0.25) is 0 Å². The van der Waals surface area contributed by atoms with Crippen LogP contribution in [0.5, 0.6) is 46.0 Å². The Labute approximate surface area is 648 Å². The van der Waals surface area contributed by atoms with E-state index in [9.17, 15) is 27.5 Å². The van der Waals surface area contributed by atoms with Crippen LogP contribution in [0.1, 0.15) is 118 Å². The second-order valence-corrected chi connectivity index (χ2v) is 40.9. The Bertz CT molecular complexity index is 3850. The van der Waals surface area contributed by atoms with Crippen LogP contribution in [0.15, 0.2) is 60.9 Å². The molecule has 30 nitrogen and oxygen atoms in total. The molecule has 4 aromatic heterocycles. The Morgan fingerprint density at radius 1 is 0.563 bits per heavy atom. The van der Waals surface area contributed by atoms with Crippen LogP contribution < -0.4 is 69.4 Å². The number of amides is 2. The number of pyridine rings is 2. The minimum absolute atomic E-state index is 0. The summed E-state index contributed by atoms with van der Waals surface area (Å²) in [6.45, 7) is 26.7. The van der Waals surface area contributed by atoms with Gasteiger partial charge in [-0.1, -0.05) is 41.6 Å². The van der Waals surface area contributed by atoms with Gasteiger partial charge in [0.25, 0.3) is 11.8 Å². The number of hydrogen-bond acceptors (Lipinski definition) is 28. The molecule has 2 aliphatic heterocycles. The van der Waals surface area contributed by atoms with E-state index in [0.717, 1.165) is 17.3 Å². The van der Waals surface area contributed by atoms with Gasteiger partial charge in [-0.3, -0.25) is 41.6 Å². The topological polar surface area (TPSA) is 338 Å². The van der Waals surface area contributed by atoms with E-state index in [1.54, 1.807) is 153 Å². The number of phosphoric acid groups is 2. The molecule has 0 atom stereocenters. The van der Waals surface area contributed by atoms with Crippen molar-refractivity contribution >= 4 is 160 Å². The molecular weight excluding hydrogens is 1790 g/mol. The number of fused-ring (bicyclic) bond motifs is 2. The normalized spacial score (nSPS) is 13.6. The van der Waals surface area contributed by atoms with Crippen LogP contribution >= 0.6 is 89.8 Å². The van der Waals surface area contributed by atoms with Gasteiger partial charge in [-0.05, 0) is 140 Å². The predicted octanol–water partition coefficient (Wildman–Crippen LogP) is 17.8. The molecule has 2 amide bonds. The van der Waals surface area contributed by atoms with Crippen LogP contribution in [0, 0.1) is 11.6 Å². The van der Waals surface area contributed by atoms with Gasteiger partial charge in [0.1, 0.15) is 24.4 Å². The van der Waals surface area contributed by atoms with Crippen molar-refractivity contribution in [3.8, 4) is 46.0 Å². The summed E-state index contributed by atoms with van der Waals surface area (Å²) in [5.74, 6) is 1.11. The van der Waals surface area contributed by atoms with E-state index in [-0.39, 0.29) is 72.0 Å². The van der Waals surface area contributed by atoms with E-state index >= 15 is 0 Å². The maximum atomic E-state index is 15.0. The number of halogens is 6. The zero-order valence-electron chi connectivity index (χ0n) is 60.8. The van der Waals surface area contributed by atoms with E-state index in [0.29, 0.717) is 61.1 Å². The van der Waals surface area contributed by atoms with Crippen molar-refractivity contribution in [1.82, 2.24) is 29.9 Å². The average Bonchev–Trinajstić information content (AvgIpc) is 0.765. The molecule has 0 saturated heterocycles. The Kier molecular flexibility index (Phi) is 35.1. The number of ether oxygens (including phenoxy) is 8. The van der Waals surface area contributed by atoms with E-state index < -0.39 is 73.5 Å². The first-order chi connectivity index (χ1) is 47.4. The van der Waals surface area contributed by atoms with Crippen LogP contribution in [0.25, 0.3) is 0 Å². The number of hydrogen-bond donors (Lipinski definition) is 5. The number of carbonyl (C=O) groups is 2. The molecule has 0 unspecified atom stereocenters. The molecule has 2 aromatic carbocycles. The number of alkyl halides is 2. The van der Waals surface area contributed by atoms with Gasteiger partial charge < -0.3 is 64.5 Å². The van der Waals surface area contributed by atoms with Gasteiger partial charge in [-0.2, -0.15) is 9.97 Å². The molecule has 573 valence electrons. The van der Waals surface area contributed by atoms with Crippen LogP contribution in [0.4, 0.5) is 67.0 Å². The average molecular weight is 1880 g/mol. The second-order valence-electron chi connectivity index (χ2n) is 25.9. The fraction of sp³-hybridized carbons (Fsp3) is 0.500. The number of aromatic nitrogens is 6. The summed E-state index contributed by atoms with van der Waals surface area (Å²) in [4.78, 5) is 54.0. The van der Waals surface area contributed by atoms with Gasteiger partial charge in [-0.25, -0.2) is 37.8 Å². The molecule has 2 aliphatic rings. The van der Waals surface area contributed by atoms with Crippen LogP contribution in [0.3, 0.4) is 0 Å². The molecule has 6 heterocycles. The first-order valence-electron chi connectivity index (χ1n) is 30.3. The third-order valence-electron chi connectivity index (χ3n) is 12.1. The van der Waals surface area contributed by atoms with E-state index in [1.807, 2.05) is 4.93 Å². The summed E-state index contributed by atoms with van der Waals surface area (Å²) >= 11 is 12.3. The third kappa shape index (κ3) is 28.3. The quantitative estimate of drug-likeness (QED) is 0.0226. The zero-order chi connectivity index (χ0) is 77.1. The van der Waals surface area contributed by atoms with Crippen LogP contribution in [-0.4, -0.2) is 136 Å². The fourth-order valence-electron chi connectivity index (χ4n) is 8.41. The number of methoxy groups -OCH3 is 6. The summed E-state index contributed by atoms with van der Waals surface area (Å²) < 4.78 is 131. The Hall–Kier alpha value is -5.42. The van der Waals surface area contributed by atoms with Crippen LogP contribution in [-0.2, 0) is 55.3 Å². The minimum atomic E-state index is -4.21. The Morgan fingerprint density at radius 3 is 1.28 bits per heavy atom. The Balaban J connectivity index is 0.000000434.